The van der Waals surface area contributed by atoms with Crippen molar-refractivity contribution >= 4 is 23.9 Å². The molecule has 2 aromatic rings. The molecule has 0 heterocycles. The number of rotatable bonds is 15. The predicted molar refractivity (Wildman–Crippen MR) is 186 cm³/mol. The minimum Gasteiger partial charge on any atom is -0.463 e. The van der Waals surface area contributed by atoms with Gasteiger partial charge in [-0.1, -0.05) is 100 Å². The molecule has 9 nitrogen and oxygen atoms in total. The lowest BCUT2D eigenvalue weighted by atomic mass is 9.76. The van der Waals surface area contributed by atoms with E-state index in [1.54, 1.807) is 18.9 Å². The third-order valence-electron chi connectivity index (χ3n) is 8.40. The Morgan fingerprint density at radius 1 is 0.872 bits per heavy atom. The molecule has 2 rings (SSSR count). The van der Waals surface area contributed by atoms with Crippen LogP contribution >= 0.6 is 0 Å². The Balaban J connectivity index is 2.55. The van der Waals surface area contributed by atoms with Crippen molar-refractivity contribution in [3.63, 3.8) is 0 Å². The molecule has 0 bridgehead atoms. The summed E-state index contributed by atoms with van der Waals surface area (Å²) in [6, 6.07) is 17.0. The Labute approximate surface area is 281 Å². The number of carbonyl (C=O) groups is 4. The van der Waals surface area contributed by atoms with Crippen molar-refractivity contribution in [2.24, 2.45) is 5.92 Å². The Morgan fingerprint density at radius 3 is 1.94 bits per heavy atom. The first-order valence-electron chi connectivity index (χ1n) is 16.4. The average molecular weight is 650 g/mol. The molecule has 0 fully saturated rings. The van der Waals surface area contributed by atoms with E-state index < -0.39 is 41.1 Å². The van der Waals surface area contributed by atoms with Gasteiger partial charge in [-0.05, 0) is 64.5 Å². The predicted octanol–water partition coefficient (Wildman–Crippen LogP) is 6.31. The van der Waals surface area contributed by atoms with Crippen LogP contribution in [0, 0.1) is 5.92 Å². The zero-order valence-electron chi connectivity index (χ0n) is 30.1. The fourth-order valence-corrected chi connectivity index (χ4v) is 5.71. The zero-order chi connectivity index (χ0) is 35.5. The standard InChI is InChI=1S/C38H55N3O6/c1-12-46-35(44)38(8,9)47-36(45)41(11)32(37(6,7)29-21-17-14-18-22-29)33(42)39-30(24-23-28-19-15-13-16-20-28)34(43)40(10)31(27(4)5)25-26(2)3/h13-22,25,27,30-32H,12,23-24H2,1-11H3,(H,39,42)/t30-,31+,32+/m0/s1. The first-order chi connectivity index (χ1) is 21.9. The highest BCUT2D eigenvalue weighted by Gasteiger charge is 2.45. The van der Waals surface area contributed by atoms with Crippen LogP contribution in [0.3, 0.4) is 0 Å². The van der Waals surface area contributed by atoms with Gasteiger partial charge in [0.25, 0.3) is 0 Å². The van der Waals surface area contributed by atoms with Gasteiger partial charge in [0, 0.05) is 19.5 Å². The maximum absolute atomic E-state index is 14.5. The Hall–Kier alpha value is -4.14. The molecule has 47 heavy (non-hydrogen) atoms. The highest BCUT2D eigenvalue weighted by molar-refractivity contribution is 5.93. The van der Waals surface area contributed by atoms with Gasteiger partial charge in [-0.15, -0.1) is 0 Å². The molecule has 3 atom stereocenters. The molecule has 258 valence electrons. The smallest absolute Gasteiger partial charge is 0.411 e. The first kappa shape index (κ1) is 39.0. The van der Waals surface area contributed by atoms with Crippen molar-refractivity contribution in [1.82, 2.24) is 15.1 Å². The van der Waals surface area contributed by atoms with Gasteiger partial charge >= 0.3 is 12.1 Å². The van der Waals surface area contributed by atoms with Crippen LogP contribution in [-0.2, 0) is 35.7 Å². The Kier molecular flexibility index (Phi) is 14.2. The van der Waals surface area contributed by atoms with E-state index in [1.807, 2.05) is 88.4 Å². The molecule has 9 heteroatoms. The van der Waals surface area contributed by atoms with Crippen LogP contribution in [0.5, 0.6) is 0 Å². The van der Waals surface area contributed by atoms with E-state index in [2.05, 4.69) is 25.2 Å². The van der Waals surface area contributed by atoms with Gasteiger partial charge in [-0.3, -0.25) is 14.5 Å². The highest BCUT2D eigenvalue weighted by Crippen LogP contribution is 2.31. The summed E-state index contributed by atoms with van der Waals surface area (Å²) in [5.74, 6) is -1.31. The summed E-state index contributed by atoms with van der Waals surface area (Å²) in [7, 11) is 3.23. The molecule has 0 saturated heterocycles. The van der Waals surface area contributed by atoms with Gasteiger partial charge in [0.2, 0.25) is 17.4 Å². The maximum Gasteiger partial charge on any atom is 0.411 e. The van der Waals surface area contributed by atoms with Crippen molar-refractivity contribution in [3.05, 3.63) is 83.4 Å². The van der Waals surface area contributed by atoms with Crippen LogP contribution in [-0.4, -0.2) is 78.1 Å². The van der Waals surface area contributed by atoms with Gasteiger partial charge in [-0.25, -0.2) is 9.59 Å². The van der Waals surface area contributed by atoms with Gasteiger partial charge in [0.05, 0.1) is 12.6 Å². The van der Waals surface area contributed by atoms with E-state index in [9.17, 15) is 19.2 Å². The molecular weight excluding hydrogens is 594 g/mol. The van der Waals surface area contributed by atoms with Crippen molar-refractivity contribution in [2.75, 3.05) is 20.7 Å². The lowest BCUT2D eigenvalue weighted by Crippen LogP contribution is -2.61. The topological polar surface area (TPSA) is 105 Å². The van der Waals surface area contributed by atoms with E-state index >= 15 is 0 Å². The fourth-order valence-electron chi connectivity index (χ4n) is 5.71. The minimum atomic E-state index is -1.59. The number of hydrogen-bond donors (Lipinski definition) is 1. The quantitative estimate of drug-likeness (QED) is 0.179. The van der Waals surface area contributed by atoms with Crippen molar-refractivity contribution in [3.8, 4) is 0 Å². The number of nitrogens with one attached hydrogen (secondary N) is 1. The lowest BCUT2D eigenvalue weighted by molar-refractivity contribution is -0.162. The number of amides is 3. The van der Waals surface area contributed by atoms with E-state index in [4.69, 9.17) is 9.47 Å². The molecule has 1 N–H and O–H groups in total. The number of esters is 1. The molecule has 3 amide bonds. The summed E-state index contributed by atoms with van der Waals surface area (Å²) in [5.41, 5.74) is 0.401. The van der Waals surface area contributed by atoms with Crippen LogP contribution < -0.4 is 5.32 Å². The van der Waals surface area contributed by atoms with Crippen LogP contribution in [0.2, 0.25) is 0 Å². The minimum absolute atomic E-state index is 0.125. The van der Waals surface area contributed by atoms with Crippen LogP contribution in [0.1, 0.15) is 79.9 Å². The number of likely N-dealkylation sites (N-methyl/N-ethyl adjacent to an activating group) is 2. The van der Waals surface area contributed by atoms with Gasteiger partial charge in [-0.2, -0.15) is 0 Å². The largest absolute Gasteiger partial charge is 0.463 e. The van der Waals surface area contributed by atoms with E-state index in [-0.39, 0.29) is 24.5 Å². The fraction of sp³-hybridized carbons (Fsp3) is 0.526. The molecular formula is C38H55N3O6. The number of carbonyl (C=O) groups excluding carboxylic acids is 4. The number of hydrogen-bond acceptors (Lipinski definition) is 6. The summed E-state index contributed by atoms with van der Waals surface area (Å²) >= 11 is 0. The number of allylic oxidation sites excluding steroid dienone is 1. The molecule has 0 aliphatic carbocycles. The monoisotopic (exact) mass is 649 g/mol. The van der Waals surface area contributed by atoms with Crippen molar-refractivity contribution in [2.45, 2.75) is 104 Å². The first-order valence-corrected chi connectivity index (χ1v) is 16.4. The van der Waals surface area contributed by atoms with Crippen LogP contribution in [0.4, 0.5) is 4.79 Å². The second kappa shape index (κ2) is 17.1. The third kappa shape index (κ3) is 10.7. The van der Waals surface area contributed by atoms with E-state index in [0.717, 1.165) is 16.7 Å². The maximum atomic E-state index is 14.5. The summed E-state index contributed by atoms with van der Waals surface area (Å²) < 4.78 is 10.7. The average Bonchev–Trinajstić information content (AvgIpc) is 3.01. The lowest BCUT2D eigenvalue weighted by Gasteiger charge is -2.41. The SMILES string of the molecule is CCOC(=O)C(C)(C)OC(=O)N(C)[C@H](C(=O)N[C@@H](CCc1ccccc1)C(=O)N(C)[C@H](C=C(C)C)C(C)C)C(C)(C)c1ccccc1. The number of nitrogens with zero attached hydrogens (tertiary/aromatic N) is 2. The normalized spacial score (nSPS) is 13.5. The summed E-state index contributed by atoms with van der Waals surface area (Å²) in [4.78, 5) is 57.8. The summed E-state index contributed by atoms with van der Waals surface area (Å²) in [6.07, 6.45) is 2.09. The molecule has 0 spiro atoms. The molecule has 0 radical (unpaired) electrons. The Bertz CT molecular complexity index is 1370. The van der Waals surface area contributed by atoms with Crippen LogP contribution in [0.25, 0.3) is 0 Å². The Morgan fingerprint density at radius 2 is 1.43 bits per heavy atom. The molecule has 0 aliphatic rings. The summed E-state index contributed by atoms with van der Waals surface area (Å²) in [6.45, 7) is 16.5. The van der Waals surface area contributed by atoms with Crippen molar-refractivity contribution < 1.29 is 28.7 Å². The van der Waals surface area contributed by atoms with E-state index in [0.29, 0.717) is 12.8 Å². The second-order valence-corrected chi connectivity index (χ2v) is 13.7. The number of benzene rings is 2. The molecule has 0 aliphatic heterocycles. The third-order valence-corrected chi connectivity index (χ3v) is 8.40. The summed E-state index contributed by atoms with van der Waals surface area (Å²) in [5, 5.41) is 3.04. The zero-order valence-corrected chi connectivity index (χ0v) is 30.1. The number of aryl methyl sites for hydroxylation is 1. The highest BCUT2D eigenvalue weighted by atomic mass is 16.6. The van der Waals surface area contributed by atoms with Gasteiger partial charge < -0.3 is 19.7 Å². The van der Waals surface area contributed by atoms with Crippen molar-refractivity contribution in [1.29, 1.82) is 0 Å². The van der Waals surface area contributed by atoms with E-state index in [1.165, 1.54) is 25.8 Å². The van der Waals surface area contributed by atoms with Crippen LogP contribution in [0.15, 0.2) is 72.3 Å². The molecule has 0 unspecified atom stereocenters. The van der Waals surface area contributed by atoms with Gasteiger partial charge in [0.15, 0.2) is 0 Å². The number of ether oxygens (including phenoxy) is 2. The molecule has 2 aromatic carbocycles. The second-order valence-electron chi connectivity index (χ2n) is 13.7. The van der Waals surface area contributed by atoms with Gasteiger partial charge in [0.1, 0.15) is 12.1 Å². The molecule has 0 saturated carbocycles. The molecule has 0 aromatic heterocycles.